The summed E-state index contributed by atoms with van der Waals surface area (Å²) in [6, 6.07) is 8.39. The highest BCUT2D eigenvalue weighted by atomic mass is 79.9. The van der Waals surface area contributed by atoms with Gasteiger partial charge >= 0.3 is 0 Å². The number of benzene rings is 1. The number of hydrogen-bond acceptors (Lipinski definition) is 1. The minimum Gasteiger partial charge on any atom is -0.261 e. The fourth-order valence-corrected chi connectivity index (χ4v) is 1.54. The summed E-state index contributed by atoms with van der Waals surface area (Å²) in [7, 11) is 1.80. The van der Waals surface area contributed by atoms with E-state index < -0.39 is 0 Å². The van der Waals surface area contributed by atoms with E-state index in [4.69, 9.17) is 0 Å². The lowest BCUT2D eigenvalue weighted by molar-refractivity contribution is 0.630. The van der Waals surface area contributed by atoms with Gasteiger partial charge in [-0.15, -0.1) is 0 Å². The molecule has 14 heavy (non-hydrogen) atoms. The molecule has 0 atom stereocenters. The van der Waals surface area contributed by atoms with Crippen LogP contribution in [0.25, 0.3) is 11.3 Å². The first-order valence-corrected chi connectivity index (χ1v) is 4.92. The van der Waals surface area contributed by atoms with Crippen molar-refractivity contribution >= 4 is 15.9 Å². The highest BCUT2D eigenvalue weighted by Crippen LogP contribution is 2.23. The topological polar surface area (TPSA) is 17.8 Å². The predicted molar refractivity (Wildman–Crippen MR) is 56.3 cm³/mol. The molecule has 0 aliphatic carbocycles. The number of rotatable bonds is 1. The maximum atomic E-state index is 13.4. The van der Waals surface area contributed by atoms with Gasteiger partial charge in [-0.3, -0.25) is 4.68 Å². The minimum absolute atomic E-state index is 0.252. The Morgan fingerprint density at radius 3 is 2.64 bits per heavy atom. The van der Waals surface area contributed by atoms with Gasteiger partial charge in [0.25, 0.3) is 0 Å². The van der Waals surface area contributed by atoms with Crippen molar-refractivity contribution in [2.45, 2.75) is 0 Å². The van der Waals surface area contributed by atoms with E-state index in [1.54, 1.807) is 36.0 Å². The van der Waals surface area contributed by atoms with E-state index in [0.29, 0.717) is 11.3 Å². The van der Waals surface area contributed by atoms with Crippen LogP contribution in [0.4, 0.5) is 4.39 Å². The monoisotopic (exact) mass is 254 g/mol. The Morgan fingerprint density at radius 1 is 1.36 bits per heavy atom. The van der Waals surface area contributed by atoms with Crippen LogP contribution in [0, 0.1) is 5.82 Å². The number of aromatic nitrogens is 2. The predicted octanol–water partition coefficient (Wildman–Crippen LogP) is 2.99. The minimum atomic E-state index is -0.252. The van der Waals surface area contributed by atoms with Crippen molar-refractivity contribution in [1.29, 1.82) is 0 Å². The Morgan fingerprint density at radius 2 is 2.07 bits per heavy atom. The number of halogens is 2. The third-order valence-corrected chi connectivity index (χ3v) is 2.71. The van der Waals surface area contributed by atoms with Gasteiger partial charge in [0.15, 0.2) is 0 Å². The van der Waals surface area contributed by atoms with E-state index in [-0.39, 0.29) is 5.82 Å². The molecule has 4 heteroatoms. The smallest absolute Gasteiger partial charge is 0.132 e. The molecule has 0 aliphatic rings. The lowest BCUT2D eigenvalue weighted by Crippen LogP contribution is -1.90. The summed E-state index contributed by atoms with van der Waals surface area (Å²) in [5, 5.41) is 4.17. The SMILES string of the molecule is Cn1nc(-c2ccccc2F)cc1Br. The molecule has 2 nitrogen and oxygen atoms in total. The zero-order chi connectivity index (χ0) is 10.1. The van der Waals surface area contributed by atoms with Gasteiger partial charge in [0.1, 0.15) is 10.4 Å². The summed E-state index contributed by atoms with van der Waals surface area (Å²) in [6.07, 6.45) is 0. The van der Waals surface area contributed by atoms with Crippen LogP contribution in [-0.2, 0) is 7.05 Å². The number of aryl methyl sites for hydroxylation is 1. The molecule has 72 valence electrons. The van der Waals surface area contributed by atoms with Crippen molar-refractivity contribution in [2.24, 2.45) is 7.05 Å². The van der Waals surface area contributed by atoms with Crippen molar-refractivity contribution in [3.63, 3.8) is 0 Å². The average Bonchev–Trinajstić information content (AvgIpc) is 2.48. The molecular weight excluding hydrogens is 247 g/mol. The van der Waals surface area contributed by atoms with Crippen molar-refractivity contribution in [3.05, 3.63) is 40.8 Å². The molecule has 0 radical (unpaired) electrons. The second-order valence-electron chi connectivity index (χ2n) is 2.96. The van der Waals surface area contributed by atoms with Crippen LogP contribution in [0.5, 0.6) is 0 Å². The maximum Gasteiger partial charge on any atom is 0.132 e. The number of nitrogens with zero attached hydrogens (tertiary/aromatic N) is 2. The van der Waals surface area contributed by atoms with Crippen molar-refractivity contribution in [2.75, 3.05) is 0 Å². The standard InChI is InChI=1S/C10H8BrFN2/c1-14-10(11)6-9(13-14)7-4-2-3-5-8(7)12/h2-6H,1H3. The highest BCUT2D eigenvalue weighted by Gasteiger charge is 2.08. The maximum absolute atomic E-state index is 13.4. The average molecular weight is 255 g/mol. The molecule has 0 spiro atoms. The van der Waals surface area contributed by atoms with Crippen LogP contribution >= 0.6 is 15.9 Å². The molecule has 1 heterocycles. The first-order chi connectivity index (χ1) is 6.68. The van der Waals surface area contributed by atoms with Crippen molar-refractivity contribution in [1.82, 2.24) is 9.78 Å². The molecule has 2 aromatic rings. The summed E-state index contributed by atoms with van der Waals surface area (Å²) in [5.41, 5.74) is 1.16. The zero-order valence-corrected chi connectivity index (χ0v) is 9.12. The molecule has 0 aliphatic heterocycles. The fourth-order valence-electron chi connectivity index (χ4n) is 1.25. The summed E-state index contributed by atoms with van der Waals surface area (Å²) in [4.78, 5) is 0. The van der Waals surface area contributed by atoms with Gasteiger partial charge in [0, 0.05) is 12.6 Å². The molecule has 0 saturated carbocycles. The van der Waals surface area contributed by atoms with E-state index in [1.807, 2.05) is 0 Å². The molecule has 0 unspecified atom stereocenters. The quantitative estimate of drug-likeness (QED) is 0.765. The van der Waals surface area contributed by atoms with E-state index in [1.165, 1.54) is 6.07 Å². The van der Waals surface area contributed by atoms with Gasteiger partial charge in [0.2, 0.25) is 0 Å². The molecule has 1 aromatic carbocycles. The molecule has 0 saturated heterocycles. The summed E-state index contributed by atoms with van der Waals surface area (Å²) in [6.45, 7) is 0. The van der Waals surface area contributed by atoms with Gasteiger partial charge in [-0.2, -0.15) is 5.10 Å². The molecule has 0 bridgehead atoms. The van der Waals surface area contributed by atoms with Gasteiger partial charge in [-0.1, -0.05) is 12.1 Å². The molecule has 0 fully saturated rings. The lowest BCUT2D eigenvalue weighted by Gasteiger charge is -1.96. The fraction of sp³-hybridized carbons (Fsp3) is 0.100. The van der Waals surface area contributed by atoms with Crippen LogP contribution in [0.1, 0.15) is 0 Å². The molecule has 0 amide bonds. The largest absolute Gasteiger partial charge is 0.261 e. The van der Waals surface area contributed by atoms with Gasteiger partial charge in [-0.05, 0) is 34.1 Å². The molecular formula is C10H8BrFN2. The lowest BCUT2D eigenvalue weighted by atomic mass is 10.1. The van der Waals surface area contributed by atoms with Crippen LogP contribution in [0.15, 0.2) is 34.9 Å². The van der Waals surface area contributed by atoms with Gasteiger partial charge in [0.05, 0.1) is 5.69 Å². The van der Waals surface area contributed by atoms with E-state index >= 15 is 0 Å². The van der Waals surface area contributed by atoms with Crippen LogP contribution in [0.2, 0.25) is 0 Å². The zero-order valence-electron chi connectivity index (χ0n) is 7.54. The van der Waals surface area contributed by atoms with Crippen molar-refractivity contribution in [3.8, 4) is 11.3 Å². The Kier molecular flexibility index (Phi) is 2.37. The summed E-state index contributed by atoms with van der Waals surface area (Å²) < 4.78 is 15.8. The molecule has 2 rings (SSSR count). The third kappa shape index (κ3) is 1.57. The molecule has 1 aromatic heterocycles. The summed E-state index contributed by atoms with van der Waals surface area (Å²) >= 11 is 3.32. The molecule has 0 N–H and O–H groups in total. The Balaban J connectivity index is 2.55. The first kappa shape index (κ1) is 9.40. The van der Waals surface area contributed by atoms with Crippen LogP contribution < -0.4 is 0 Å². The van der Waals surface area contributed by atoms with Gasteiger partial charge < -0.3 is 0 Å². The van der Waals surface area contributed by atoms with Gasteiger partial charge in [-0.25, -0.2) is 4.39 Å². The van der Waals surface area contributed by atoms with E-state index in [9.17, 15) is 4.39 Å². The van der Waals surface area contributed by atoms with E-state index in [2.05, 4.69) is 21.0 Å². The Hall–Kier alpha value is -1.16. The third-order valence-electron chi connectivity index (χ3n) is 1.97. The Labute approximate surface area is 89.5 Å². The second-order valence-corrected chi connectivity index (χ2v) is 3.77. The van der Waals surface area contributed by atoms with Crippen LogP contribution in [0.3, 0.4) is 0 Å². The van der Waals surface area contributed by atoms with E-state index in [0.717, 1.165) is 4.60 Å². The summed E-state index contributed by atoms with van der Waals surface area (Å²) in [5.74, 6) is -0.252. The first-order valence-electron chi connectivity index (χ1n) is 4.13. The second kappa shape index (κ2) is 3.53. The highest BCUT2D eigenvalue weighted by molar-refractivity contribution is 9.10. The van der Waals surface area contributed by atoms with Crippen LogP contribution in [-0.4, -0.2) is 9.78 Å². The normalized spacial score (nSPS) is 10.5. The Bertz CT molecular complexity index is 445. The number of hydrogen-bond donors (Lipinski definition) is 0. The van der Waals surface area contributed by atoms with Crippen molar-refractivity contribution < 1.29 is 4.39 Å².